The molecule has 1 unspecified atom stereocenters. The quantitative estimate of drug-likeness (QED) is 0.892. The summed E-state index contributed by atoms with van der Waals surface area (Å²) in [5.74, 6) is -1.13. The fraction of sp³-hybridized carbons (Fsp3) is 0.462. The van der Waals surface area contributed by atoms with Crippen LogP contribution in [0.15, 0.2) is 17.0 Å². The third kappa shape index (κ3) is 3.13. The Kier molecular flexibility index (Phi) is 4.70. The van der Waals surface area contributed by atoms with E-state index in [2.05, 4.69) is 0 Å². The Labute approximate surface area is 113 Å². The highest BCUT2D eigenvalue weighted by Crippen LogP contribution is 2.24. The summed E-state index contributed by atoms with van der Waals surface area (Å²) in [6, 6.07) is 2.81. The average molecular weight is 286 g/mol. The van der Waals surface area contributed by atoms with Gasteiger partial charge in [-0.05, 0) is 38.0 Å². The van der Waals surface area contributed by atoms with Gasteiger partial charge in [0.05, 0.1) is 22.3 Å². The molecule has 0 bridgehead atoms. The molecule has 0 fully saturated rings. The van der Waals surface area contributed by atoms with E-state index in [1.54, 1.807) is 26.8 Å². The van der Waals surface area contributed by atoms with E-state index in [1.807, 2.05) is 0 Å². The molecule has 0 aliphatic heterocycles. The number of methoxy groups -OCH3 is 1. The monoisotopic (exact) mass is 286 g/mol. The molecular formula is C13H18O5S. The minimum Gasteiger partial charge on any atom is -0.478 e. The van der Waals surface area contributed by atoms with E-state index in [0.29, 0.717) is 11.1 Å². The van der Waals surface area contributed by atoms with Gasteiger partial charge in [0.2, 0.25) is 0 Å². The summed E-state index contributed by atoms with van der Waals surface area (Å²) < 4.78 is 29.6. The normalized spacial score (nSPS) is 13.3. The zero-order valence-electron chi connectivity index (χ0n) is 11.4. The second-order valence-electron chi connectivity index (χ2n) is 4.55. The summed E-state index contributed by atoms with van der Waals surface area (Å²) in [5.41, 5.74) is 1.10. The largest absolute Gasteiger partial charge is 0.478 e. The summed E-state index contributed by atoms with van der Waals surface area (Å²) in [7, 11) is -2.17. The molecule has 19 heavy (non-hydrogen) atoms. The summed E-state index contributed by atoms with van der Waals surface area (Å²) in [4.78, 5) is 11.1. The van der Waals surface area contributed by atoms with Crippen LogP contribution < -0.4 is 0 Å². The minimum absolute atomic E-state index is 0.00814. The van der Waals surface area contributed by atoms with Gasteiger partial charge in [-0.3, -0.25) is 0 Å². The topological polar surface area (TPSA) is 80.7 Å². The molecule has 0 heterocycles. The van der Waals surface area contributed by atoms with Gasteiger partial charge in [-0.2, -0.15) is 0 Å². The standard InChI is InChI=1S/C13H18O5S/c1-8-5-9(2)12(6-11(8)13(14)15)19(16,17)10(3)7-18-4/h5-6,10H,7H2,1-4H3,(H,14,15). The molecule has 1 aromatic rings. The minimum atomic E-state index is -3.59. The molecule has 0 aliphatic carbocycles. The van der Waals surface area contributed by atoms with Crippen molar-refractivity contribution in [1.82, 2.24) is 0 Å². The number of aromatic carboxylic acids is 1. The highest BCUT2D eigenvalue weighted by Gasteiger charge is 2.26. The zero-order valence-corrected chi connectivity index (χ0v) is 12.2. The van der Waals surface area contributed by atoms with E-state index in [0.717, 1.165) is 0 Å². The molecule has 0 aliphatic rings. The molecule has 5 nitrogen and oxygen atoms in total. The second-order valence-corrected chi connectivity index (χ2v) is 6.88. The van der Waals surface area contributed by atoms with Crippen LogP contribution in [0.1, 0.15) is 28.4 Å². The van der Waals surface area contributed by atoms with Gasteiger partial charge >= 0.3 is 5.97 Å². The van der Waals surface area contributed by atoms with Crippen LogP contribution in [-0.2, 0) is 14.6 Å². The Morgan fingerprint density at radius 3 is 2.37 bits per heavy atom. The van der Waals surface area contributed by atoms with E-state index in [4.69, 9.17) is 9.84 Å². The molecule has 0 radical (unpaired) electrons. The highest BCUT2D eigenvalue weighted by molar-refractivity contribution is 7.92. The molecular weight excluding hydrogens is 268 g/mol. The summed E-state index contributed by atoms with van der Waals surface area (Å²) in [5, 5.41) is 8.35. The second kappa shape index (κ2) is 5.71. The molecule has 1 N–H and O–H groups in total. The molecule has 0 spiro atoms. The molecule has 1 aromatic carbocycles. The maximum atomic E-state index is 12.4. The van der Waals surface area contributed by atoms with Crippen molar-refractivity contribution in [3.05, 3.63) is 28.8 Å². The van der Waals surface area contributed by atoms with Crippen molar-refractivity contribution in [2.75, 3.05) is 13.7 Å². The fourth-order valence-corrected chi connectivity index (χ4v) is 3.45. The van der Waals surface area contributed by atoms with Crippen LogP contribution in [0.4, 0.5) is 0 Å². The molecule has 0 saturated carbocycles. The van der Waals surface area contributed by atoms with Gasteiger partial charge in [-0.25, -0.2) is 13.2 Å². The predicted molar refractivity (Wildman–Crippen MR) is 71.4 cm³/mol. The first-order valence-electron chi connectivity index (χ1n) is 5.79. The van der Waals surface area contributed by atoms with Crippen molar-refractivity contribution in [3.8, 4) is 0 Å². The number of hydrogen-bond donors (Lipinski definition) is 1. The van der Waals surface area contributed by atoms with Crippen LogP contribution in [-0.4, -0.2) is 38.5 Å². The third-order valence-corrected chi connectivity index (χ3v) is 5.24. The Morgan fingerprint density at radius 1 is 1.32 bits per heavy atom. The van der Waals surface area contributed by atoms with Crippen LogP contribution in [0.3, 0.4) is 0 Å². The molecule has 6 heteroatoms. The van der Waals surface area contributed by atoms with Crippen LogP contribution >= 0.6 is 0 Å². The van der Waals surface area contributed by atoms with Gasteiger partial charge in [-0.1, -0.05) is 6.07 Å². The average Bonchev–Trinajstić information content (AvgIpc) is 2.28. The molecule has 1 rings (SSSR count). The number of benzene rings is 1. The predicted octanol–water partition coefficient (Wildman–Crippen LogP) is 1.81. The molecule has 0 aromatic heterocycles. The van der Waals surface area contributed by atoms with Gasteiger partial charge < -0.3 is 9.84 Å². The first-order chi connectivity index (χ1) is 8.71. The van der Waals surface area contributed by atoms with Crippen molar-refractivity contribution in [3.63, 3.8) is 0 Å². The lowest BCUT2D eigenvalue weighted by atomic mass is 10.1. The Hall–Kier alpha value is -1.40. The zero-order chi connectivity index (χ0) is 14.8. The number of carboxylic acids is 1. The van der Waals surface area contributed by atoms with Gasteiger partial charge in [-0.15, -0.1) is 0 Å². The maximum absolute atomic E-state index is 12.4. The number of rotatable bonds is 5. The van der Waals surface area contributed by atoms with E-state index >= 15 is 0 Å². The van der Waals surface area contributed by atoms with Crippen LogP contribution in [0, 0.1) is 13.8 Å². The van der Waals surface area contributed by atoms with E-state index in [9.17, 15) is 13.2 Å². The Balaban J connectivity index is 3.43. The van der Waals surface area contributed by atoms with Crippen molar-refractivity contribution >= 4 is 15.8 Å². The van der Waals surface area contributed by atoms with Crippen LogP contribution in [0.25, 0.3) is 0 Å². The van der Waals surface area contributed by atoms with Crippen molar-refractivity contribution < 1.29 is 23.1 Å². The lowest BCUT2D eigenvalue weighted by Gasteiger charge is -2.15. The Bertz CT molecular complexity index is 589. The lowest BCUT2D eigenvalue weighted by molar-refractivity contribution is 0.0696. The fourth-order valence-electron chi connectivity index (χ4n) is 1.91. The summed E-state index contributed by atoms with van der Waals surface area (Å²) >= 11 is 0. The summed E-state index contributed by atoms with van der Waals surface area (Å²) in [6.45, 7) is 4.91. The lowest BCUT2D eigenvalue weighted by Crippen LogP contribution is -2.24. The molecule has 1 atom stereocenters. The van der Waals surface area contributed by atoms with Gasteiger partial charge in [0.25, 0.3) is 0 Å². The van der Waals surface area contributed by atoms with Crippen molar-refractivity contribution in [1.29, 1.82) is 0 Å². The van der Waals surface area contributed by atoms with Crippen molar-refractivity contribution in [2.45, 2.75) is 30.9 Å². The number of carbonyl (C=O) groups is 1. The SMILES string of the molecule is COCC(C)S(=O)(=O)c1cc(C(=O)O)c(C)cc1C. The van der Waals surface area contributed by atoms with E-state index in [1.165, 1.54) is 13.2 Å². The van der Waals surface area contributed by atoms with Crippen molar-refractivity contribution in [2.24, 2.45) is 0 Å². The first kappa shape index (κ1) is 15.7. The third-order valence-electron chi connectivity index (χ3n) is 2.99. The van der Waals surface area contributed by atoms with Gasteiger partial charge in [0, 0.05) is 7.11 Å². The molecule has 0 saturated heterocycles. The molecule has 0 amide bonds. The smallest absolute Gasteiger partial charge is 0.335 e. The van der Waals surface area contributed by atoms with Crippen LogP contribution in [0.5, 0.6) is 0 Å². The number of hydrogen-bond acceptors (Lipinski definition) is 4. The van der Waals surface area contributed by atoms with E-state index in [-0.39, 0.29) is 17.1 Å². The molecule has 106 valence electrons. The Morgan fingerprint density at radius 2 is 1.89 bits per heavy atom. The number of ether oxygens (including phenoxy) is 1. The maximum Gasteiger partial charge on any atom is 0.335 e. The number of aryl methyl sites for hydroxylation is 2. The number of carboxylic acid groups (broad SMARTS) is 1. The highest BCUT2D eigenvalue weighted by atomic mass is 32.2. The van der Waals surface area contributed by atoms with Gasteiger partial charge in [0.1, 0.15) is 0 Å². The number of sulfone groups is 1. The summed E-state index contributed by atoms with van der Waals surface area (Å²) in [6.07, 6.45) is 0. The first-order valence-corrected chi connectivity index (χ1v) is 7.33. The van der Waals surface area contributed by atoms with Crippen LogP contribution in [0.2, 0.25) is 0 Å². The van der Waals surface area contributed by atoms with E-state index < -0.39 is 21.1 Å². The van der Waals surface area contributed by atoms with Gasteiger partial charge in [0.15, 0.2) is 9.84 Å².